The maximum absolute atomic E-state index is 12.9. The van der Waals surface area contributed by atoms with Crippen LogP contribution in [-0.2, 0) is 9.59 Å². The third-order valence-electron chi connectivity index (χ3n) is 2.18. The highest BCUT2D eigenvalue weighted by Gasteiger charge is 2.39. The Morgan fingerprint density at radius 3 is 2.71 bits per heavy atom. The first-order valence-corrected chi connectivity index (χ1v) is 4.96. The number of carbonyl (C=O) groups excluding carboxylic acids is 1. The summed E-state index contributed by atoms with van der Waals surface area (Å²) in [5.74, 6) is -1.14. The lowest BCUT2D eigenvalue weighted by molar-refractivity contribution is -0.148. The number of carboxylic acids is 1. The standard InChI is InChI=1S/C8H12FNO3S/c9-5-3-6(8(12)13)10(4-5)7(11)1-2-14/h5-6,14H,1-4H2,(H,12,13)/t5?,6-/m0/s1. The molecule has 0 aromatic heterocycles. The van der Waals surface area contributed by atoms with E-state index in [9.17, 15) is 14.0 Å². The van der Waals surface area contributed by atoms with Crippen LogP contribution in [0.15, 0.2) is 0 Å². The average Bonchev–Trinajstić information content (AvgIpc) is 2.48. The maximum Gasteiger partial charge on any atom is 0.326 e. The molecular weight excluding hydrogens is 209 g/mol. The molecule has 0 saturated carbocycles. The number of nitrogens with zero attached hydrogens (tertiary/aromatic N) is 1. The molecule has 4 nitrogen and oxygen atoms in total. The van der Waals surface area contributed by atoms with Crippen molar-refractivity contribution in [2.24, 2.45) is 0 Å². The Bertz CT molecular complexity index is 249. The lowest BCUT2D eigenvalue weighted by Crippen LogP contribution is -2.40. The van der Waals surface area contributed by atoms with Gasteiger partial charge in [0.15, 0.2) is 0 Å². The summed E-state index contributed by atoms with van der Waals surface area (Å²) in [5.41, 5.74) is 0. The van der Waals surface area contributed by atoms with Gasteiger partial charge >= 0.3 is 5.97 Å². The van der Waals surface area contributed by atoms with Gasteiger partial charge in [0.2, 0.25) is 5.91 Å². The molecule has 0 radical (unpaired) electrons. The summed E-state index contributed by atoms with van der Waals surface area (Å²) in [5, 5.41) is 8.74. The van der Waals surface area contributed by atoms with Gasteiger partial charge in [-0.1, -0.05) is 0 Å². The summed E-state index contributed by atoms with van der Waals surface area (Å²) in [4.78, 5) is 23.1. The van der Waals surface area contributed by atoms with Gasteiger partial charge in [-0.2, -0.15) is 12.6 Å². The molecule has 0 bridgehead atoms. The van der Waals surface area contributed by atoms with Crippen LogP contribution in [0.25, 0.3) is 0 Å². The van der Waals surface area contributed by atoms with Crippen LogP contribution in [0, 0.1) is 0 Å². The number of hydrogen-bond acceptors (Lipinski definition) is 3. The molecule has 1 unspecified atom stereocenters. The van der Waals surface area contributed by atoms with Crippen molar-refractivity contribution in [3.05, 3.63) is 0 Å². The molecule has 1 rings (SSSR count). The number of hydrogen-bond donors (Lipinski definition) is 2. The van der Waals surface area contributed by atoms with Crippen molar-refractivity contribution in [1.82, 2.24) is 4.90 Å². The molecule has 1 amide bonds. The van der Waals surface area contributed by atoms with Gasteiger partial charge in [0.05, 0.1) is 6.54 Å². The van der Waals surface area contributed by atoms with Crippen LogP contribution in [0.1, 0.15) is 12.8 Å². The number of rotatable bonds is 3. The first-order valence-electron chi connectivity index (χ1n) is 4.33. The molecule has 80 valence electrons. The number of aliphatic carboxylic acids is 1. The summed E-state index contributed by atoms with van der Waals surface area (Å²) in [7, 11) is 0. The van der Waals surface area contributed by atoms with Gasteiger partial charge in [-0.05, 0) is 5.75 Å². The van der Waals surface area contributed by atoms with E-state index in [1.54, 1.807) is 0 Å². The molecule has 0 spiro atoms. The Kier molecular flexibility index (Phi) is 3.74. The first kappa shape index (κ1) is 11.3. The number of halogens is 1. The largest absolute Gasteiger partial charge is 0.480 e. The van der Waals surface area contributed by atoms with Gasteiger partial charge in [-0.25, -0.2) is 9.18 Å². The number of carbonyl (C=O) groups is 2. The molecule has 0 aromatic rings. The van der Waals surface area contributed by atoms with E-state index in [1.807, 2.05) is 0 Å². The quantitative estimate of drug-likeness (QED) is 0.675. The molecule has 0 aromatic carbocycles. The molecule has 2 atom stereocenters. The molecule has 1 aliphatic heterocycles. The van der Waals surface area contributed by atoms with Crippen molar-refractivity contribution in [2.75, 3.05) is 12.3 Å². The summed E-state index contributed by atoms with van der Waals surface area (Å²) in [6, 6.07) is -1.00. The number of likely N-dealkylation sites (tertiary alicyclic amines) is 1. The number of carboxylic acid groups (broad SMARTS) is 1. The van der Waals surface area contributed by atoms with Crippen LogP contribution in [0.5, 0.6) is 0 Å². The second-order valence-corrected chi connectivity index (χ2v) is 3.65. The van der Waals surface area contributed by atoms with Gasteiger partial charge < -0.3 is 10.0 Å². The zero-order chi connectivity index (χ0) is 10.7. The predicted molar refractivity (Wildman–Crippen MR) is 51.1 cm³/mol. The van der Waals surface area contributed by atoms with Gasteiger partial charge in [-0.3, -0.25) is 4.79 Å². The van der Waals surface area contributed by atoms with Crippen LogP contribution in [0.4, 0.5) is 4.39 Å². The molecule has 14 heavy (non-hydrogen) atoms. The highest BCUT2D eigenvalue weighted by molar-refractivity contribution is 7.80. The average molecular weight is 221 g/mol. The second-order valence-electron chi connectivity index (χ2n) is 3.21. The van der Waals surface area contributed by atoms with Gasteiger partial charge in [0.25, 0.3) is 0 Å². The highest BCUT2D eigenvalue weighted by atomic mass is 32.1. The maximum atomic E-state index is 12.9. The fourth-order valence-electron chi connectivity index (χ4n) is 1.53. The first-order chi connectivity index (χ1) is 6.56. The van der Waals surface area contributed by atoms with Crippen molar-refractivity contribution in [2.45, 2.75) is 25.1 Å². The third kappa shape index (κ3) is 2.37. The van der Waals surface area contributed by atoms with E-state index in [0.29, 0.717) is 5.75 Å². The van der Waals surface area contributed by atoms with Crippen LogP contribution in [0.2, 0.25) is 0 Å². The van der Waals surface area contributed by atoms with Crippen molar-refractivity contribution < 1.29 is 19.1 Å². The van der Waals surface area contributed by atoms with E-state index < -0.39 is 18.2 Å². The lowest BCUT2D eigenvalue weighted by atomic mass is 10.2. The number of amides is 1. The Balaban J connectivity index is 2.66. The molecular formula is C8H12FNO3S. The molecule has 1 heterocycles. The molecule has 0 aliphatic carbocycles. The van der Waals surface area contributed by atoms with Crippen LogP contribution >= 0.6 is 12.6 Å². The summed E-state index contributed by atoms with van der Waals surface area (Å²) >= 11 is 3.87. The van der Waals surface area contributed by atoms with Crippen molar-refractivity contribution in [3.8, 4) is 0 Å². The molecule has 6 heteroatoms. The van der Waals surface area contributed by atoms with E-state index in [1.165, 1.54) is 0 Å². The van der Waals surface area contributed by atoms with Crippen molar-refractivity contribution in [1.29, 1.82) is 0 Å². The van der Waals surface area contributed by atoms with Crippen LogP contribution in [0.3, 0.4) is 0 Å². The monoisotopic (exact) mass is 221 g/mol. The Hall–Kier alpha value is -0.780. The molecule has 1 saturated heterocycles. The van der Waals surface area contributed by atoms with Crippen LogP contribution in [-0.4, -0.2) is 46.4 Å². The lowest BCUT2D eigenvalue weighted by Gasteiger charge is -2.20. The Morgan fingerprint density at radius 2 is 2.21 bits per heavy atom. The number of thiol groups is 1. The second kappa shape index (κ2) is 4.63. The van der Waals surface area contributed by atoms with E-state index in [2.05, 4.69) is 12.6 Å². The Labute approximate surface area is 86.5 Å². The fraction of sp³-hybridized carbons (Fsp3) is 0.750. The van der Waals surface area contributed by atoms with E-state index >= 15 is 0 Å². The fourth-order valence-corrected chi connectivity index (χ4v) is 1.72. The summed E-state index contributed by atoms with van der Waals surface area (Å²) < 4.78 is 12.9. The summed E-state index contributed by atoms with van der Waals surface area (Å²) in [6.45, 7) is -0.108. The molecule has 1 fully saturated rings. The normalized spacial score (nSPS) is 26.6. The molecule has 1 aliphatic rings. The van der Waals surface area contributed by atoms with Crippen LogP contribution < -0.4 is 0 Å². The summed E-state index contributed by atoms with van der Waals surface area (Å²) in [6.07, 6.45) is -1.17. The van der Waals surface area contributed by atoms with Gasteiger partial charge in [0.1, 0.15) is 12.2 Å². The van der Waals surface area contributed by atoms with Gasteiger partial charge in [0, 0.05) is 12.8 Å². The van der Waals surface area contributed by atoms with E-state index in [4.69, 9.17) is 5.11 Å². The smallest absolute Gasteiger partial charge is 0.326 e. The van der Waals surface area contributed by atoms with Gasteiger partial charge in [-0.15, -0.1) is 0 Å². The van der Waals surface area contributed by atoms with E-state index in [-0.39, 0.29) is 25.3 Å². The van der Waals surface area contributed by atoms with E-state index in [0.717, 1.165) is 4.90 Å². The van der Waals surface area contributed by atoms with Crippen molar-refractivity contribution in [3.63, 3.8) is 0 Å². The minimum atomic E-state index is -1.22. The molecule has 1 N–H and O–H groups in total. The van der Waals surface area contributed by atoms with Crippen molar-refractivity contribution >= 4 is 24.5 Å². The topological polar surface area (TPSA) is 57.6 Å². The zero-order valence-corrected chi connectivity index (χ0v) is 8.41. The highest BCUT2D eigenvalue weighted by Crippen LogP contribution is 2.21. The Morgan fingerprint density at radius 1 is 1.57 bits per heavy atom. The third-order valence-corrected chi connectivity index (χ3v) is 2.40. The SMILES string of the molecule is O=C(O)[C@@H]1CC(F)CN1C(=O)CCS. The minimum absolute atomic E-state index is 0.104. The number of alkyl halides is 1. The zero-order valence-electron chi connectivity index (χ0n) is 7.52. The minimum Gasteiger partial charge on any atom is -0.480 e. The predicted octanol–water partition coefficient (Wildman–Crippen LogP) is 0.330.